The van der Waals surface area contributed by atoms with E-state index in [9.17, 15) is 13.7 Å². The first-order valence-corrected chi connectivity index (χ1v) is 9.08. The number of rotatable bonds is 6. The minimum atomic E-state index is -3.64. The highest BCUT2D eigenvalue weighted by Crippen LogP contribution is 2.18. The van der Waals surface area contributed by atoms with E-state index < -0.39 is 10.0 Å². The molecule has 0 amide bonds. The molecular weight excluding hydrogens is 336 g/mol. The average Bonchev–Trinajstić information content (AvgIpc) is 2.62. The normalized spacial score (nSPS) is 12.0. The second kappa shape index (κ2) is 7.97. The largest absolute Gasteiger partial charge is 0.497 e. The van der Waals surface area contributed by atoms with Gasteiger partial charge in [-0.15, -0.1) is 0 Å². The van der Waals surface area contributed by atoms with Crippen molar-refractivity contribution in [2.45, 2.75) is 11.8 Å². The standard InChI is InChI=1S/C19H20N2O3S/c1-15-4-10-19(11-5-15)25(22,23)21(2)14-17(13-20)12-16-6-8-18(24-3)9-7-16/h4-12H,14H2,1-3H3/b17-12+. The van der Waals surface area contributed by atoms with Crippen molar-refractivity contribution in [1.82, 2.24) is 4.31 Å². The van der Waals surface area contributed by atoms with Crippen LogP contribution in [0.15, 0.2) is 59.0 Å². The molecule has 0 aliphatic heterocycles. The fraction of sp³-hybridized carbons (Fsp3) is 0.211. The first kappa shape index (κ1) is 18.7. The molecule has 5 nitrogen and oxygen atoms in total. The van der Waals surface area contributed by atoms with Gasteiger partial charge in [0.2, 0.25) is 10.0 Å². The number of hydrogen-bond acceptors (Lipinski definition) is 4. The molecule has 0 radical (unpaired) electrons. The highest BCUT2D eigenvalue weighted by molar-refractivity contribution is 7.89. The van der Waals surface area contributed by atoms with Crippen molar-refractivity contribution in [2.24, 2.45) is 0 Å². The van der Waals surface area contributed by atoms with Gasteiger partial charge in [-0.1, -0.05) is 29.8 Å². The van der Waals surface area contributed by atoms with E-state index in [1.807, 2.05) is 19.1 Å². The molecule has 0 N–H and O–H groups in total. The fourth-order valence-corrected chi connectivity index (χ4v) is 3.38. The van der Waals surface area contributed by atoms with E-state index >= 15 is 0 Å². The van der Waals surface area contributed by atoms with Gasteiger partial charge in [0.15, 0.2) is 0 Å². The number of hydrogen-bond donors (Lipinski definition) is 0. The maximum Gasteiger partial charge on any atom is 0.243 e. The van der Waals surface area contributed by atoms with Gasteiger partial charge < -0.3 is 4.74 Å². The molecule has 0 saturated carbocycles. The van der Waals surface area contributed by atoms with Crippen LogP contribution in [0.2, 0.25) is 0 Å². The first-order valence-electron chi connectivity index (χ1n) is 7.64. The zero-order valence-electron chi connectivity index (χ0n) is 14.4. The molecule has 6 heteroatoms. The van der Waals surface area contributed by atoms with Crippen LogP contribution in [-0.4, -0.2) is 33.4 Å². The summed E-state index contributed by atoms with van der Waals surface area (Å²) >= 11 is 0. The van der Waals surface area contributed by atoms with Crippen molar-refractivity contribution < 1.29 is 13.2 Å². The summed E-state index contributed by atoms with van der Waals surface area (Å²) in [5.74, 6) is 0.717. The minimum absolute atomic E-state index is 0.00125. The van der Waals surface area contributed by atoms with E-state index in [4.69, 9.17) is 4.74 Å². The topological polar surface area (TPSA) is 70.4 Å². The van der Waals surface area contributed by atoms with Gasteiger partial charge in [0.25, 0.3) is 0 Å². The van der Waals surface area contributed by atoms with Crippen LogP contribution in [0.5, 0.6) is 5.75 Å². The molecule has 0 saturated heterocycles. The maximum atomic E-state index is 12.6. The highest BCUT2D eigenvalue weighted by atomic mass is 32.2. The lowest BCUT2D eigenvalue weighted by Gasteiger charge is -2.17. The lowest BCUT2D eigenvalue weighted by atomic mass is 10.1. The van der Waals surface area contributed by atoms with Gasteiger partial charge in [-0.2, -0.15) is 9.57 Å². The van der Waals surface area contributed by atoms with Crippen molar-refractivity contribution in [3.63, 3.8) is 0 Å². The fourth-order valence-electron chi connectivity index (χ4n) is 2.23. The summed E-state index contributed by atoms with van der Waals surface area (Å²) in [6, 6.07) is 15.9. The SMILES string of the molecule is COc1ccc(/C=C(\C#N)CN(C)S(=O)(=O)c2ccc(C)cc2)cc1. The number of methoxy groups -OCH3 is 1. The summed E-state index contributed by atoms with van der Waals surface area (Å²) in [4.78, 5) is 0.210. The zero-order valence-corrected chi connectivity index (χ0v) is 15.2. The van der Waals surface area contributed by atoms with Gasteiger partial charge in [0, 0.05) is 19.2 Å². The third-order valence-electron chi connectivity index (χ3n) is 3.72. The number of sulfonamides is 1. The maximum absolute atomic E-state index is 12.6. The summed E-state index contributed by atoms with van der Waals surface area (Å²) in [5, 5.41) is 9.35. The van der Waals surface area contributed by atoms with Crippen LogP contribution in [0.4, 0.5) is 0 Å². The van der Waals surface area contributed by atoms with Crippen LogP contribution in [-0.2, 0) is 10.0 Å². The Kier molecular flexibility index (Phi) is 5.97. The number of benzene rings is 2. The van der Waals surface area contributed by atoms with E-state index in [1.54, 1.807) is 49.6 Å². The first-order chi connectivity index (χ1) is 11.9. The molecule has 0 bridgehead atoms. The van der Waals surface area contributed by atoms with E-state index in [1.165, 1.54) is 11.4 Å². The van der Waals surface area contributed by atoms with Crippen LogP contribution in [0.25, 0.3) is 6.08 Å². The monoisotopic (exact) mass is 356 g/mol. The van der Waals surface area contributed by atoms with Gasteiger partial charge >= 0.3 is 0 Å². The Bertz CT molecular complexity index is 893. The molecular formula is C19H20N2O3S. The summed E-state index contributed by atoms with van der Waals surface area (Å²) in [5.41, 5.74) is 2.14. The van der Waals surface area contributed by atoms with Gasteiger partial charge in [0.05, 0.1) is 18.1 Å². The molecule has 0 unspecified atom stereocenters. The van der Waals surface area contributed by atoms with Crippen LogP contribution < -0.4 is 4.74 Å². The summed E-state index contributed by atoms with van der Waals surface area (Å²) in [6.07, 6.45) is 1.67. The van der Waals surface area contributed by atoms with Gasteiger partial charge in [-0.3, -0.25) is 0 Å². The van der Waals surface area contributed by atoms with Gasteiger partial charge in [-0.05, 0) is 42.8 Å². The molecule has 25 heavy (non-hydrogen) atoms. The smallest absolute Gasteiger partial charge is 0.243 e. The molecule has 0 aliphatic rings. The Balaban J connectivity index is 2.20. The van der Waals surface area contributed by atoms with Crippen molar-refractivity contribution in [2.75, 3.05) is 20.7 Å². The van der Waals surface area contributed by atoms with Crippen molar-refractivity contribution >= 4 is 16.1 Å². The van der Waals surface area contributed by atoms with Crippen LogP contribution in [0, 0.1) is 18.3 Å². The summed E-state index contributed by atoms with van der Waals surface area (Å²) in [6.45, 7) is 1.89. The van der Waals surface area contributed by atoms with Crippen LogP contribution in [0.3, 0.4) is 0 Å². The predicted molar refractivity (Wildman–Crippen MR) is 97.6 cm³/mol. The second-order valence-electron chi connectivity index (χ2n) is 5.63. The quantitative estimate of drug-likeness (QED) is 0.745. The Morgan fingerprint density at radius 1 is 1.16 bits per heavy atom. The lowest BCUT2D eigenvalue weighted by Crippen LogP contribution is -2.28. The Labute approximate surface area is 148 Å². The molecule has 0 spiro atoms. The molecule has 0 aromatic heterocycles. The molecule has 2 aromatic rings. The lowest BCUT2D eigenvalue weighted by molar-refractivity contribution is 0.415. The van der Waals surface area contributed by atoms with Crippen LogP contribution in [0.1, 0.15) is 11.1 Å². The third-order valence-corrected chi connectivity index (χ3v) is 5.54. The van der Waals surface area contributed by atoms with Crippen molar-refractivity contribution in [1.29, 1.82) is 5.26 Å². The number of nitrogens with zero attached hydrogens (tertiary/aromatic N) is 2. The molecule has 2 aromatic carbocycles. The van der Waals surface area contributed by atoms with Crippen molar-refractivity contribution in [3.05, 3.63) is 65.2 Å². The number of ether oxygens (including phenoxy) is 1. The second-order valence-corrected chi connectivity index (χ2v) is 7.67. The van der Waals surface area contributed by atoms with E-state index in [0.29, 0.717) is 5.57 Å². The van der Waals surface area contributed by atoms with E-state index in [2.05, 4.69) is 6.07 Å². The zero-order chi connectivity index (χ0) is 18.4. The Morgan fingerprint density at radius 2 is 1.76 bits per heavy atom. The Morgan fingerprint density at radius 3 is 2.28 bits per heavy atom. The number of likely N-dealkylation sites (N-methyl/N-ethyl adjacent to an activating group) is 1. The van der Waals surface area contributed by atoms with E-state index in [-0.39, 0.29) is 11.4 Å². The predicted octanol–water partition coefficient (Wildman–Crippen LogP) is 3.23. The van der Waals surface area contributed by atoms with E-state index in [0.717, 1.165) is 16.9 Å². The minimum Gasteiger partial charge on any atom is -0.497 e. The van der Waals surface area contributed by atoms with Gasteiger partial charge in [0.1, 0.15) is 5.75 Å². The summed E-state index contributed by atoms with van der Waals surface area (Å²) in [7, 11) is -0.596. The van der Waals surface area contributed by atoms with Gasteiger partial charge in [-0.25, -0.2) is 8.42 Å². The molecule has 0 aliphatic carbocycles. The average molecular weight is 356 g/mol. The molecule has 0 fully saturated rings. The molecule has 0 atom stereocenters. The molecule has 130 valence electrons. The third kappa shape index (κ3) is 4.69. The molecule has 2 rings (SSSR count). The molecule has 0 heterocycles. The van der Waals surface area contributed by atoms with Crippen LogP contribution >= 0.6 is 0 Å². The number of nitriles is 1. The highest BCUT2D eigenvalue weighted by Gasteiger charge is 2.21. The van der Waals surface area contributed by atoms with Crippen molar-refractivity contribution in [3.8, 4) is 11.8 Å². The summed E-state index contributed by atoms with van der Waals surface area (Å²) < 4.78 is 31.5. The number of aryl methyl sites for hydroxylation is 1. The Hall–Kier alpha value is -2.62.